The highest BCUT2D eigenvalue weighted by molar-refractivity contribution is 6.41. The van der Waals surface area contributed by atoms with Gasteiger partial charge in [-0.25, -0.2) is 9.18 Å². The lowest BCUT2D eigenvalue weighted by molar-refractivity contribution is 0.0691. The zero-order valence-corrected chi connectivity index (χ0v) is 14.0. The van der Waals surface area contributed by atoms with E-state index in [-0.39, 0.29) is 33.9 Å². The van der Waals surface area contributed by atoms with Crippen LogP contribution in [0.25, 0.3) is 10.9 Å². The third-order valence-corrected chi connectivity index (χ3v) is 4.34. The second kappa shape index (κ2) is 6.34. The van der Waals surface area contributed by atoms with Crippen molar-refractivity contribution in [3.05, 3.63) is 63.0 Å². The number of aromatic nitrogens is 1. The Morgan fingerprint density at radius 3 is 2.75 bits per heavy atom. The van der Waals surface area contributed by atoms with Gasteiger partial charge >= 0.3 is 5.97 Å². The summed E-state index contributed by atoms with van der Waals surface area (Å²) in [6, 6.07) is 7.37. The smallest absolute Gasteiger partial charge is 0.352 e. The van der Waals surface area contributed by atoms with E-state index < -0.39 is 5.97 Å². The zero-order valence-electron chi connectivity index (χ0n) is 12.5. The molecule has 7 heteroatoms. The van der Waals surface area contributed by atoms with Crippen molar-refractivity contribution >= 4 is 40.1 Å². The minimum atomic E-state index is -1.10. The molecule has 0 unspecified atom stereocenters. The monoisotopic (exact) mass is 367 g/mol. The van der Waals surface area contributed by atoms with Gasteiger partial charge in [0.25, 0.3) is 0 Å². The van der Waals surface area contributed by atoms with Crippen LogP contribution in [0.15, 0.2) is 30.3 Å². The lowest BCUT2D eigenvalue weighted by Crippen LogP contribution is -2.00. The van der Waals surface area contributed by atoms with Gasteiger partial charge in [-0.2, -0.15) is 0 Å². The van der Waals surface area contributed by atoms with Gasteiger partial charge in [-0.1, -0.05) is 29.3 Å². The lowest BCUT2D eigenvalue weighted by Gasteiger charge is -2.12. The molecule has 2 aromatic carbocycles. The number of halogens is 3. The van der Waals surface area contributed by atoms with E-state index in [0.717, 1.165) is 5.56 Å². The molecule has 0 aliphatic rings. The topological polar surface area (TPSA) is 62.3 Å². The fourth-order valence-electron chi connectivity index (χ4n) is 2.38. The van der Waals surface area contributed by atoms with Crippen molar-refractivity contribution in [2.75, 3.05) is 0 Å². The molecule has 3 aromatic rings. The van der Waals surface area contributed by atoms with Crippen molar-refractivity contribution in [1.29, 1.82) is 0 Å². The molecule has 2 N–H and O–H groups in total. The molecule has 0 bridgehead atoms. The molecular weight excluding hydrogens is 356 g/mol. The van der Waals surface area contributed by atoms with Gasteiger partial charge in [0.1, 0.15) is 18.1 Å². The van der Waals surface area contributed by atoms with Crippen LogP contribution >= 0.6 is 23.2 Å². The number of aromatic amines is 1. The van der Waals surface area contributed by atoms with Crippen molar-refractivity contribution in [1.82, 2.24) is 4.98 Å². The molecule has 0 aliphatic carbocycles. The molecule has 0 spiro atoms. The number of nitrogens with one attached hydrogen (secondary N) is 1. The Hall–Kier alpha value is -2.24. The predicted molar refractivity (Wildman–Crippen MR) is 90.7 cm³/mol. The largest absolute Gasteiger partial charge is 0.486 e. The summed E-state index contributed by atoms with van der Waals surface area (Å²) in [6.07, 6.45) is 0. The summed E-state index contributed by atoms with van der Waals surface area (Å²) in [6.45, 7) is 1.93. The number of hydrogen-bond donors (Lipinski definition) is 2. The number of H-pyrrole nitrogens is 1. The standard InChI is InChI=1S/C17H12Cl2FNO3/c1-8-2-3-10(20)4-9(8)7-24-16-12(18)6-13-11(15(16)19)5-14(21-13)17(22)23/h2-6,21H,7H2,1H3,(H,22,23). The average Bonchev–Trinajstić information content (AvgIpc) is 2.94. The van der Waals surface area contributed by atoms with Gasteiger partial charge in [-0.15, -0.1) is 0 Å². The number of benzene rings is 2. The number of rotatable bonds is 4. The summed E-state index contributed by atoms with van der Waals surface area (Å²) >= 11 is 12.5. The zero-order chi connectivity index (χ0) is 17.4. The fraction of sp³-hybridized carbons (Fsp3) is 0.118. The molecule has 3 rings (SSSR count). The van der Waals surface area contributed by atoms with E-state index in [0.29, 0.717) is 16.5 Å². The Morgan fingerprint density at radius 1 is 1.29 bits per heavy atom. The molecule has 0 fully saturated rings. The Bertz CT molecular complexity index is 953. The van der Waals surface area contributed by atoms with E-state index in [2.05, 4.69) is 4.98 Å². The van der Waals surface area contributed by atoms with E-state index >= 15 is 0 Å². The minimum absolute atomic E-state index is 0.00101. The first kappa shape index (κ1) is 16.6. The summed E-state index contributed by atoms with van der Waals surface area (Å²) in [5, 5.41) is 9.98. The fourth-order valence-corrected chi connectivity index (χ4v) is 3.00. The number of hydrogen-bond acceptors (Lipinski definition) is 2. The van der Waals surface area contributed by atoms with E-state index in [9.17, 15) is 9.18 Å². The van der Waals surface area contributed by atoms with Gasteiger partial charge in [0.15, 0.2) is 5.75 Å². The molecule has 0 radical (unpaired) electrons. The third-order valence-electron chi connectivity index (χ3n) is 3.69. The van der Waals surface area contributed by atoms with Crippen LogP contribution in [0.1, 0.15) is 21.6 Å². The quantitative estimate of drug-likeness (QED) is 0.665. The van der Waals surface area contributed by atoms with Gasteiger partial charge in [0, 0.05) is 10.9 Å². The second-order valence-electron chi connectivity index (χ2n) is 5.31. The highest BCUT2D eigenvalue weighted by Crippen LogP contribution is 2.40. The predicted octanol–water partition coefficient (Wildman–Crippen LogP) is 5.20. The summed E-state index contributed by atoms with van der Waals surface area (Å²) in [5.74, 6) is -1.23. The number of fused-ring (bicyclic) bond motifs is 1. The number of aromatic carboxylic acids is 1. The van der Waals surface area contributed by atoms with Crippen molar-refractivity contribution < 1.29 is 19.0 Å². The first-order valence-corrected chi connectivity index (χ1v) is 7.74. The van der Waals surface area contributed by atoms with Crippen molar-refractivity contribution in [2.24, 2.45) is 0 Å². The van der Waals surface area contributed by atoms with E-state index in [1.165, 1.54) is 18.2 Å². The van der Waals surface area contributed by atoms with Gasteiger partial charge in [-0.05, 0) is 42.3 Å². The van der Waals surface area contributed by atoms with Crippen LogP contribution in [0.4, 0.5) is 4.39 Å². The van der Waals surface area contributed by atoms with Crippen LogP contribution in [0, 0.1) is 12.7 Å². The van der Waals surface area contributed by atoms with Crippen LogP contribution < -0.4 is 4.74 Å². The molecular formula is C17H12Cl2FNO3. The molecule has 1 heterocycles. The Labute approximate surface area is 146 Å². The number of aryl methyl sites for hydroxylation is 1. The third kappa shape index (κ3) is 3.05. The van der Waals surface area contributed by atoms with Crippen LogP contribution in [-0.2, 0) is 6.61 Å². The van der Waals surface area contributed by atoms with Crippen LogP contribution in [0.3, 0.4) is 0 Å². The van der Waals surface area contributed by atoms with Crippen molar-refractivity contribution in [3.8, 4) is 5.75 Å². The molecule has 0 amide bonds. The van der Waals surface area contributed by atoms with E-state index in [1.54, 1.807) is 12.1 Å². The highest BCUT2D eigenvalue weighted by atomic mass is 35.5. The number of carboxylic acids is 1. The maximum absolute atomic E-state index is 13.4. The highest BCUT2D eigenvalue weighted by Gasteiger charge is 2.17. The number of carboxylic acid groups (broad SMARTS) is 1. The van der Waals surface area contributed by atoms with Gasteiger partial charge < -0.3 is 14.8 Å². The second-order valence-corrected chi connectivity index (χ2v) is 6.10. The normalized spacial score (nSPS) is 11.0. The summed E-state index contributed by atoms with van der Waals surface area (Å²) < 4.78 is 19.0. The molecule has 4 nitrogen and oxygen atoms in total. The molecule has 0 aliphatic heterocycles. The average molecular weight is 368 g/mol. The number of ether oxygens (including phenoxy) is 1. The maximum Gasteiger partial charge on any atom is 0.352 e. The van der Waals surface area contributed by atoms with Gasteiger partial charge in [-0.3, -0.25) is 0 Å². The van der Waals surface area contributed by atoms with Crippen LogP contribution in [0.2, 0.25) is 10.0 Å². The van der Waals surface area contributed by atoms with Gasteiger partial charge in [0.2, 0.25) is 0 Å². The SMILES string of the molecule is Cc1ccc(F)cc1COc1c(Cl)cc2[nH]c(C(=O)O)cc2c1Cl. The first-order valence-electron chi connectivity index (χ1n) is 6.98. The van der Waals surface area contributed by atoms with E-state index in [1.807, 2.05) is 6.92 Å². The maximum atomic E-state index is 13.4. The Balaban J connectivity index is 1.97. The number of carbonyl (C=O) groups is 1. The molecule has 0 saturated carbocycles. The minimum Gasteiger partial charge on any atom is -0.486 e. The first-order chi connectivity index (χ1) is 11.4. The van der Waals surface area contributed by atoms with Gasteiger partial charge in [0.05, 0.1) is 10.0 Å². The molecule has 24 heavy (non-hydrogen) atoms. The van der Waals surface area contributed by atoms with Crippen molar-refractivity contribution in [2.45, 2.75) is 13.5 Å². The molecule has 1 aromatic heterocycles. The molecule has 0 atom stereocenters. The van der Waals surface area contributed by atoms with Crippen LogP contribution in [-0.4, -0.2) is 16.1 Å². The summed E-state index contributed by atoms with van der Waals surface area (Å²) in [4.78, 5) is 13.8. The summed E-state index contributed by atoms with van der Waals surface area (Å²) in [7, 11) is 0. The Morgan fingerprint density at radius 2 is 2.04 bits per heavy atom. The Kier molecular flexibility index (Phi) is 4.39. The summed E-state index contributed by atoms with van der Waals surface area (Å²) in [5.41, 5.74) is 2.04. The van der Waals surface area contributed by atoms with E-state index in [4.69, 9.17) is 33.0 Å². The molecule has 124 valence electrons. The van der Waals surface area contributed by atoms with Crippen LogP contribution in [0.5, 0.6) is 5.75 Å². The van der Waals surface area contributed by atoms with Crippen molar-refractivity contribution in [3.63, 3.8) is 0 Å². The lowest BCUT2D eigenvalue weighted by atomic mass is 10.1. The molecule has 0 saturated heterocycles.